The monoisotopic (exact) mass is 524 g/mol. The summed E-state index contributed by atoms with van der Waals surface area (Å²) >= 11 is 3.27. The SMILES string of the molecule is O=C(N/N=C/c1ccc(O)c2ncccc12)c1ccc(NS(=O)(=O)c2ccc(Br)cc2)cc1. The van der Waals surface area contributed by atoms with E-state index in [1.165, 1.54) is 48.7 Å². The van der Waals surface area contributed by atoms with Crippen molar-refractivity contribution >= 4 is 54.7 Å². The van der Waals surface area contributed by atoms with Crippen molar-refractivity contribution in [3.63, 3.8) is 0 Å². The van der Waals surface area contributed by atoms with Gasteiger partial charge in [-0.2, -0.15) is 5.10 Å². The molecule has 0 radical (unpaired) electrons. The predicted molar refractivity (Wildman–Crippen MR) is 130 cm³/mol. The number of carbonyl (C=O) groups is 1. The minimum atomic E-state index is -3.75. The van der Waals surface area contributed by atoms with E-state index in [4.69, 9.17) is 0 Å². The third kappa shape index (κ3) is 5.18. The highest BCUT2D eigenvalue weighted by Gasteiger charge is 2.14. The number of sulfonamides is 1. The number of hydrogen-bond donors (Lipinski definition) is 3. The Morgan fingerprint density at radius 2 is 1.73 bits per heavy atom. The molecule has 4 aromatic rings. The number of carbonyl (C=O) groups excluding carboxylic acids is 1. The smallest absolute Gasteiger partial charge is 0.271 e. The van der Waals surface area contributed by atoms with Gasteiger partial charge in [-0.15, -0.1) is 0 Å². The summed E-state index contributed by atoms with van der Waals surface area (Å²) in [6.45, 7) is 0. The summed E-state index contributed by atoms with van der Waals surface area (Å²) in [5, 5.41) is 14.6. The van der Waals surface area contributed by atoms with E-state index in [9.17, 15) is 18.3 Å². The number of nitrogens with one attached hydrogen (secondary N) is 2. The van der Waals surface area contributed by atoms with Crippen LogP contribution in [-0.2, 0) is 10.0 Å². The van der Waals surface area contributed by atoms with Crippen molar-refractivity contribution in [2.45, 2.75) is 4.90 Å². The molecule has 0 spiro atoms. The Balaban J connectivity index is 1.43. The van der Waals surface area contributed by atoms with Gasteiger partial charge in [-0.3, -0.25) is 14.5 Å². The number of anilines is 1. The van der Waals surface area contributed by atoms with Crippen LogP contribution in [0.2, 0.25) is 0 Å². The van der Waals surface area contributed by atoms with Crippen molar-refractivity contribution < 1.29 is 18.3 Å². The van der Waals surface area contributed by atoms with Gasteiger partial charge in [0.2, 0.25) is 0 Å². The van der Waals surface area contributed by atoms with Crippen molar-refractivity contribution in [1.29, 1.82) is 0 Å². The van der Waals surface area contributed by atoms with E-state index in [0.29, 0.717) is 27.7 Å². The van der Waals surface area contributed by atoms with Crippen LogP contribution in [-0.4, -0.2) is 30.6 Å². The Morgan fingerprint density at radius 3 is 2.45 bits per heavy atom. The highest BCUT2D eigenvalue weighted by atomic mass is 79.9. The number of phenols is 1. The molecule has 8 nitrogen and oxygen atoms in total. The Kier molecular flexibility index (Phi) is 6.38. The fraction of sp³-hybridized carbons (Fsp3) is 0. The van der Waals surface area contributed by atoms with Crippen LogP contribution in [0.1, 0.15) is 15.9 Å². The summed E-state index contributed by atoms with van der Waals surface area (Å²) in [5.74, 6) is -0.405. The maximum Gasteiger partial charge on any atom is 0.271 e. The van der Waals surface area contributed by atoms with Crippen molar-refractivity contribution in [1.82, 2.24) is 10.4 Å². The number of pyridine rings is 1. The summed E-state index contributed by atoms with van der Waals surface area (Å²) < 4.78 is 28.2. The van der Waals surface area contributed by atoms with E-state index in [2.05, 4.69) is 36.2 Å². The van der Waals surface area contributed by atoms with Crippen molar-refractivity contribution in [3.8, 4) is 5.75 Å². The number of aromatic nitrogens is 1. The predicted octanol–water partition coefficient (Wildman–Crippen LogP) is 4.27. The van der Waals surface area contributed by atoms with Crippen LogP contribution < -0.4 is 10.1 Å². The van der Waals surface area contributed by atoms with Crippen LogP contribution in [0.4, 0.5) is 5.69 Å². The Bertz CT molecular complexity index is 1450. The molecule has 0 aliphatic carbocycles. The number of aromatic hydroxyl groups is 1. The first-order valence-electron chi connectivity index (χ1n) is 9.62. The molecule has 4 rings (SSSR count). The van der Waals surface area contributed by atoms with E-state index < -0.39 is 15.9 Å². The van der Waals surface area contributed by atoms with Gasteiger partial charge in [-0.25, -0.2) is 13.8 Å². The lowest BCUT2D eigenvalue weighted by Crippen LogP contribution is -2.18. The first-order chi connectivity index (χ1) is 15.8. The normalized spacial score (nSPS) is 11.5. The lowest BCUT2D eigenvalue weighted by Gasteiger charge is -2.09. The van der Waals surface area contributed by atoms with Gasteiger partial charge in [0.15, 0.2) is 0 Å². The third-order valence-electron chi connectivity index (χ3n) is 4.68. The second kappa shape index (κ2) is 9.39. The zero-order chi connectivity index (χ0) is 23.4. The minimum absolute atomic E-state index is 0.0580. The van der Waals surface area contributed by atoms with Crippen LogP contribution in [0.25, 0.3) is 10.9 Å². The minimum Gasteiger partial charge on any atom is -0.506 e. The maximum atomic E-state index is 12.5. The average Bonchev–Trinajstić information content (AvgIpc) is 2.81. The van der Waals surface area contributed by atoms with E-state index in [1.807, 2.05) is 0 Å². The Labute approximate surface area is 198 Å². The Hall–Kier alpha value is -3.76. The molecule has 33 heavy (non-hydrogen) atoms. The number of fused-ring (bicyclic) bond motifs is 1. The molecule has 0 unspecified atom stereocenters. The topological polar surface area (TPSA) is 121 Å². The van der Waals surface area contributed by atoms with Gasteiger partial charge in [-0.1, -0.05) is 22.0 Å². The van der Waals surface area contributed by atoms with Crippen LogP contribution in [0, 0.1) is 0 Å². The molecule has 0 aliphatic heterocycles. The number of nitrogens with zero attached hydrogens (tertiary/aromatic N) is 2. The van der Waals surface area contributed by atoms with Gasteiger partial charge >= 0.3 is 0 Å². The fourth-order valence-electron chi connectivity index (χ4n) is 3.03. The highest BCUT2D eigenvalue weighted by molar-refractivity contribution is 9.10. The zero-order valence-corrected chi connectivity index (χ0v) is 19.3. The fourth-order valence-corrected chi connectivity index (χ4v) is 4.36. The van der Waals surface area contributed by atoms with Crippen LogP contribution >= 0.6 is 15.9 Å². The maximum absolute atomic E-state index is 12.5. The lowest BCUT2D eigenvalue weighted by atomic mass is 10.1. The summed E-state index contributed by atoms with van der Waals surface area (Å²) in [5.41, 5.74) is 4.17. The van der Waals surface area contributed by atoms with Crippen LogP contribution in [0.5, 0.6) is 5.75 Å². The molecule has 0 fully saturated rings. The first kappa shape index (κ1) is 22.4. The molecule has 1 amide bonds. The van der Waals surface area contributed by atoms with Crippen LogP contribution in [0.15, 0.2) is 93.5 Å². The quantitative estimate of drug-likeness (QED) is 0.257. The average molecular weight is 525 g/mol. The molecule has 1 aromatic heterocycles. The number of phenolic OH excluding ortho intramolecular Hbond substituents is 1. The second-order valence-electron chi connectivity index (χ2n) is 6.91. The molecule has 3 aromatic carbocycles. The number of halogens is 1. The largest absolute Gasteiger partial charge is 0.506 e. The molecule has 3 N–H and O–H groups in total. The lowest BCUT2D eigenvalue weighted by molar-refractivity contribution is 0.0955. The summed E-state index contributed by atoms with van der Waals surface area (Å²) in [6, 6.07) is 18.9. The molecule has 0 bridgehead atoms. The number of rotatable bonds is 6. The second-order valence-corrected chi connectivity index (χ2v) is 9.51. The number of hydrogen-bond acceptors (Lipinski definition) is 6. The van der Waals surface area contributed by atoms with Gasteiger partial charge in [0.25, 0.3) is 15.9 Å². The summed E-state index contributed by atoms with van der Waals surface area (Å²) in [4.78, 5) is 16.6. The van der Waals surface area contributed by atoms with Crippen LogP contribution in [0.3, 0.4) is 0 Å². The molecule has 10 heteroatoms. The van der Waals surface area contributed by atoms with Gasteiger partial charge in [-0.05, 0) is 66.7 Å². The van der Waals surface area contributed by atoms with Gasteiger partial charge in [0, 0.05) is 32.9 Å². The van der Waals surface area contributed by atoms with Crippen molar-refractivity contribution in [3.05, 3.63) is 94.6 Å². The van der Waals surface area contributed by atoms with E-state index in [0.717, 1.165) is 4.47 Å². The van der Waals surface area contributed by atoms with Gasteiger partial charge in [0.1, 0.15) is 11.3 Å². The van der Waals surface area contributed by atoms with E-state index in [-0.39, 0.29) is 10.6 Å². The molecule has 166 valence electrons. The van der Waals surface area contributed by atoms with Gasteiger partial charge in [0.05, 0.1) is 11.1 Å². The summed E-state index contributed by atoms with van der Waals surface area (Å²) in [6.07, 6.45) is 3.04. The number of hydrazone groups is 1. The molecular formula is C23H17BrN4O4S. The first-order valence-corrected chi connectivity index (χ1v) is 11.9. The van der Waals surface area contributed by atoms with Crippen molar-refractivity contribution in [2.24, 2.45) is 5.10 Å². The molecule has 1 heterocycles. The number of amides is 1. The molecule has 0 aliphatic rings. The highest BCUT2D eigenvalue weighted by Crippen LogP contribution is 2.24. The van der Waals surface area contributed by atoms with E-state index in [1.54, 1.807) is 36.5 Å². The van der Waals surface area contributed by atoms with Gasteiger partial charge < -0.3 is 5.11 Å². The molecule has 0 atom stereocenters. The number of benzene rings is 3. The standard InChI is InChI=1S/C23H17BrN4O4S/c24-17-6-10-19(11-7-17)33(31,32)28-18-8-3-15(4-9-18)23(30)27-26-14-16-5-12-21(29)22-20(16)2-1-13-25-22/h1-14,28-29H,(H,27,30)/b26-14+. The molecular weight excluding hydrogens is 508 g/mol. The van der Waals surface area contributed by atoms with Crippen molar-refractivity contribution in [2.75, 3.05) is 4.72 Å². The third-order valence-corrected chi connectivity index (χ3v) is 6.60. The summed E-state index contributed by atoms with van der Waals surface area (Å²) in [7, 11) is -3.75. The zero-order valence-electron chi connectivity index (χ0n) is 16.9. The van der Waals surface area contributed by atoms with E-state index >= 15 is 0 Å². The Morgan fingerprint density at radius 1 is 1.00 bits per heavy atom. The molecule has 0 saturated carbocycles. The molecule has 0 saturated heterocycles.